The molecule has 1 amide bonds. The lowest BCUT2D eigenvalue weighted by molar-refractivity contribution is -0.117. The van der Waals surface area contributed by atoms with Gasteiger partial charge >= 0.3 is 0 Å². The van der Waals surface area contributed by atoms with Crippen LogP contribution in [0.25, 0.3) is 0 Å². The third-order valence-corrected chi connectivity index (χ3v) is 6.40. The summed E-state index contributed by atoms with van der Waals surface area (Å²) in [6, 6.07) is 19.9. The molecule has 30 heavy (non-hydrogen) atoms. The maximum atomic E-state index is 13.0. The van der Waals surface area contributed by atoms with Gasteiger partial charge in [0, 0.05) is 10.7 Å². The number of aryl methyl sites for hydroxylation is 2. The van der Waals surface area contributed by atoms with Gasteiger partial charge in [-0.05, 0) is 61.7 Å². The summed E-state index contributed by atoms with van der Waals surface area (Å²) in [5, 5.41) is 3.38. The summed E-state index contributed by atoms with van der Waals surface area (Å²) in [5.41, 5.74) is 3.16. The van der Waals surface area contributed by atoms with E-state index >= 15 is 0 Å². The number of carbonyl (C=O) groups excluding carboxylic acids is 1. The average Bonchev–Trinajstić information content (AvgIpc) is 2.70. The largest absolute Gasteiger partial charge is 0.324 e. The van der Waals surface area contributed by atoms with Crippen LogP contribution in [-0.2, 0) is 21.2 Å². The highest BCUT2D eigenvalue weighted by atomic mass is 35.5. The third kappa shape index (κ3) is 5.69. The molecule has 0 bridgehead atoms. The molecule has 2 N–H and O–H groups in total. The second-order valence-electron chi connectivity index (χ2n) is 7.13. The zero-order valence-corrected chi connectivity index (χ0v) is 18.3. The fraction of sp³-hybridized carbons (Fsp3) is 0.174. The first-order valence-electron chi connectivity index (χ1n) is 9.44. The molecule has 0 aromatic heterocycles. The van der Waals surface area contributed by atoms with Crippen molar-refractivity contribution in [2.75, 3.05) is 5.32 Å². The Kier molecular flexibility index (Phi) is 6.92. The molecule has 156 valence electrons. The SMILES string of the molecule is Cc1ccc(S(=O)(=O)N[C@H](Cc2ccccc2)C(=O)Nc2ccc(Cl)cc2C)cc1. The first-order valence-corrected chi connectivity index (χ1v) is 11.3. The molecule has 1 atom stereocenters. The van der Waals surface area contributed by atoms with Crippen molar-refractivity contribution in [3.63, 3.8) is 0 Å². The van der Waals surface area contributed by atoms with Crippen LogP contribution in [0.15, 0.2) is 77.7 Å². The molecule has 0 aliphatic rings. The van der Waals surface area contributed by atoms with Crippen LogP contribution in [0.4, 0.5) is 5.69 Å². The number of halogens is 1. The first-order chi connectivity index (χ1) is 14.2. The summed E-state index contributed by atoms with van der Waals surface area (Å²) in [4.78, 5) is 13.2. The van der Waals surface area contributed by atoms with Crippen LogP contribution < -0.4 is 10.0 Å². The van der Waals surface area contributed by atoms with E-state index in [4.69, 9.17) is 11.6 Å². The molecule has 3 rings (SSSR count). The Morgan fingerprint density at radius 3 is 2.27 bits per heavy atom. The maximum Gasteiger partial charge on any atom is 0.242 e. The first kappa shape index (κ1) is 22.0. The van der Waals surface area contributed by atoms with E-state index in [-0.39, 0.29) is 11.3 Å². The zero-order valence-electron chi connectivity index (χ0n) is 16.7. The number of anilines is 1. The lowest BCUT2D eigenvalue weighted by Crippen LogP contribution is -2.45. The Balaban J connectivity index is 1.87. The Morgan fingerprint density at radius 1 is 0.967 bits per heavy atom. The minimum Gasteiger partial charge on any atom is -0.324 e. The van der Waals surface area contributed by atoms with Crippen LogP contribution >= 0.6 is 11.6 Å². The van der Waals surface area contributed by atoms with E-state index < -0.39 is 22.0 Å². The maximum absolute atomic E-state index is 13.0. The van der Waals surface area contributed by atoms with Crippen molar-refractivity contribution in [1.82, 2.24) is 4.72 Å². The molecule has 0 spiro atoms. The van der Waals surface area contributed by atoms with Crippen LogP contribution in [0.1, 0.15) is 16.7 Å². The standard InChI is InChI=1S/C23H23ClN2O3S/c1-16-8-11-20(12-9-16)30(28,29)26-22(15-18-6-4-3-5-7-18)23(27)25-21-13-10-19(24)14-17(21)2/h3-14,22,26H,15H2,1-2H3,(H,25,27)/t22-/m1/s1. The second kappa shape index (κ2) is 9.43. The van der Waals surface area contributed by atoms with Crippen molar-refractivity contribution in [2.24, 2.45) is 0 Å². The van der Waals surface area contributed by atoms with Gasteiger partial charge in [-0.1, -0.05) is 59.6 Å². The van der Waals surface area contributed by atoms with Crippen molar-refractivity contribution in [3.05, 3.63) is 94.5 Å². The van der Waals surface area contributed by atoms with Crippen LogP contribution in [-0.4, -0.2) is 20.4 Å². The van der Waals surface area contributed by atoms with Gasteiger partial charge in [-0.15, -0.1) is 0 Å². The second-order valence-corrected chi connectivity index (χ2v) is 9.28. The highest BCUT2D eigenvalue weighted by molar-refractivity contribution is 7.89. The summed E-state index contributed by atoms with van der Waals surface area (Å²) >= 11 is 5.99. The van der Waals surface area contributed by atoms with E-state index in [1.165, 1.54) is 12.1 Å². The van der Waals surface area contributed by atoms with Crippen LogP contribution in [0.3, 0.4) is 0 Å². The molecule has 0 unspecified atom stereocenters. The molecule has 0 radical (unpaired) electrons. The molecule has 0 saturated heterocycles. The van der Waals surface area contributed by atoms with Crippen molar-refractivity contribution >= 4 is 33.2 Å². The summed E-state index contributed by atoms with van der Waals surface area (Å²) in [6.45, 7) is 3.70. The molecule has 3 aromatic carbocycles. The summed E-state index contributed by atoms with van der Waals surface area (Å²) in [5.74, 6) is -0.444. The zero-order chi connectivity index (χ0) is 21.7. The minimum atomic E-state index is -3.88. The number of benzene rings is 3. The van der Waals surface area contributed by atoms with Gasteiger partial charge in [-0.3, -0.25) is 4.79 Å². The summed E-state index contributed by atoms with van der Waals surface area (Å²) in [6.07, 6.45) is 0.213. The highest BCUT2D eigenvalue weighted by Crippen LogP contribution is 2.20. The van der Waals surface area contributed by atoms with Crippen molar-refractivity contribution in [3.8, 4) is 0 Å². The van der Waals surface area contributed by atoms with Gasteiger partial charge in [0.05, 0.1) is 4.90 Å². The summed E-state index contributed by atoms with van der Waals surface area (Å²) in [7, 11) is -3.88. The van der Waals surface area contributed by atoms with Crippen LogP contribution in [0.2, 0.25) is 5.02 Å². The molecule has 0 saturated carbocycles. The molecule has 0 fully saturated rings. The fourth-order valence-corrected chi connectivity index (χ4v) is 4.42. The molecule has 0 aliphatic carbocycles. The quantitative estimate of drug-likeness (QED) is 0.566. The van der Waals surface area contributed by atoms with Crippen molar-refractivity contribution in [2.45, 2.75) is 31.2 Å². The fourth-order valence-electron chi connectivity index (χ4n) is 3.00. The predicted octanol–water partition coefficient (Wildman–Crippen LogP) is 4.49. The number of rotatable bonds is 7. The normalized spacial score (nSPS) is 12.4. The van der Waals surface area contributed by atoms with Gasteiger partial charge in [0.1, 0.15) is 6.04 Å². The number of nitrogens with one attached hydrogen (secondary N) is 2. The van der Waals surface area contributed by atoms with E-state index in [2.05, 4.69) is 10.0 Å². The topological polar surface area (TPSA) is 75.3 Å². The van der Waals surface area contributed by atoms with Crippen LogP contribution in [0.5, 0.6) is 0 Å². The lowest BCUT2D eigenvalue weighted by Gasteiger charge is -2.19. The van der Waals surface area contributed by atoms with E-state index in [0.29, 0.717) is 10.7 Å². The van der Waals surface area contributed by atoms with E-state index in [9.17, 15) is 13.2 Å². The monoisotopic (exact) mass is 442 g/mol. The third-order valence-electron chi connectivity index (χ3n) is 4.67. The molecule has 5 nitrogen and oxygen atoms in total. The van der Waals surface area contributed by atoms with Crippen molar-refractivity contribution in [1.29, 1.82) is 0 Å². The number of hydrogen-bond donors (Lipinski definition) is 2. The Labute approximate surface area is 182 Å². The van der Waals surface area contributed by atoms with Gasteiger partial charge in [-0.25, -0.2) is 8.42 Å². The molecule has 7 heteroatoms. The van der Waals surface area contributed by atoms with Gasteiger partial charge in [0.2, 0.25) is 15.9 Å². The highest BCUT2D eigenvalue weighted by Gasteiger charge is 2.26. The molecule has 0 heterocycles. The number of amides is 1. The average molecular weight is 443 g/mol. The van der Waals surface area contributed by atoms with Gasteiger partial charge in [0.25, 0.3) is 0 Å². The molecular formula is C23H23ClN2O3S. The van der Waals surface area contributed by atoms with E-state index in [0.717, 1.165) is 16.7 Å². The Bertz CT molecular complexity index is 1130. The summed E-state index contributed by atoms with van der Waals surface area (Å²) < 4.78 is 28.4. The van der Waals surface area contributed by atoms with E-state index in [1.54, 1.807) is 30.3 Å². The van der Waals surface area contributed by atoms with Gasteiger partial charge in [0.15, 0.2) is 0 Å². The predicted molar refractivity (Wildman–Crippen MR) is 120 cm³/mol. The Morgan fingerprint density at radius 2 is 1.63 bits per heavy atom. The number of sulfonamides is 1. The van der Waals surface area contributed by atoms with Crippen molar-refractivity contribution < 1.29 is 13.2 Å². The minimum absolute atomic E-state index is 0.113. The number of hydrogen-bond acceptors (Lipinski definition) is 3. The molecule has 0 aliphatic heterocycles. The van der Waals surface area contributed by atoms with E-state index in [1.807, 2.05) is 44.2 Å². The smallest absolute Gasteiger partial charge is 0.242 e. The van der Waals surface area contributed by atoms with Gasteiger partial charge < -0.3 is 5.32 Å². The van der Waals surface area contributed by atoms with Gasteiger partial charge in [-0.2, -0.15) is 4.72 Å². The Hall–Kier alpha value is -2.67. The number of carbonyl (C=O) groups is 1. The molecular weight excluding hydrogens is 420 g/mol. The molecule has 3 aromatic rings. The van der Waals surface area contributed by atoms with Crippen LogP contribution in [0, 0.1) is 13.8 Å². The lowest BCUT2D eigenvalue weighted by atomic mass is 10.1.